The van der Waals surface area contributed by atoms with Gasteiger partial charge < -0.3 is 4.90 Å². The topological polar surface area (TPSA) is 63.4 Å². The molecule has 1 amide bonds. The molecular weight excluding hydrogens is 358 g/mol. The highest BCUT2D eigenvalue weighted by Crippen LogP contribution is 2.37. The molecule has 142 valence electrons. The highest BCUT2D eigenvalue weighted by molar-refractivity contribution is 7.19. The summed E-state index contributed by atoms with van der Waals surface area (Å²) in [4.78, 5) is 27.2. The van der Waals surface area contributed by atoms with Crippen LogP contribution >= 0.6 is 11.3 Å². The predicted molar refractivity (Wildman–Crippen MR) is 107 cm³/mol. The minimum atomic E-state index is -0.0260. The summed E-state index contributed by atoms with van der Waals surface area (Å²) in [5.41, 5.74) is 2.19. The Morgan fingerprint density at radius 1 is 1.19 bits per heavy atom. The van der Waals surface area contributed by atoms with Crippen LogP contribution in [-0.2, 0) is 12.8 Å². The quantitative estimate of drug-likeness (QED) is 0.673. The van der Waals surface area contributed by atoms with E-state index in [-0.39, 0.29) is 5.91 Å². The van der Waals surface area contributed by atoms with Crippen LogP contribution in [0, 0.1) is 6.92 Å². The van der Waals surface area contributed by atoms with Gasteiger partial charge in [-0.2, -0.15) is 4.52 Å². The summed E-state index contributed by atoms with van der Waals surface area (Å²) in [5, 5.41) is 5.71. The molecule has 3 aromatic heterocycles. The van der Waals surface area contributed by atoms with E-state index in [9.17, 15) is 4.79 Å². The molecule has 0 radical (unpaired) electrons. The molecule has 1 saturated heterocycles. The average molecular weight is 384 g/mol. The molecule has 6 nitrogen and oxygen atoms in total. The van der Waals surface area contributed by atoms with Crippen LogP contribution in [0.2, 0.25) is 0 Å². The van der Waals surface area contributed by atoms with Crippen molar-refractivity contribution in [1.82, 2.24) is 24.5 Å². The Labute approximate surface area is 162 Å². The van der Waals surface area contributed by atoms with E-state index in [1.165, 1.54) is 29.7 Å². The third kappa shape index (κ3) is 2.66. The molecule has 4 heterocycles. The third-order valence-electron chi connectivity index (χ3n) is 6.10. The van der Waals surface area contributed by atoms with E-state index in [0.717, 1.165) is 60.3 Å². The largest absolute Gasteiger partial charge is 0.333 e. The fourth-order valence-corrected chi connectivity index (χ4v) is 5.97. The van der Waals surface area contributed by atoms with E-state index in [1.54, 1.807) is 15.9 Å². The standard InChI is InChI=1S/C20H25N5OS/c1-3-13-8-6-7-11-24(13)20(26)17-22-18-16-14-9-4-5-10-15(14)27-19(16)21-12(2)25(18)23-17/h13H,3-11H2,1-2H3. The van der Waals surface area contributed by atoms with Gasteiger partial charge in [0.05, 0.1) is 5.39 Å². The van der Waals surface area contributed by atoms with Crippen LogP contribution in [0.3, 0.4) is 0 Å². The average Bonchev–Trinajstić information content (AvgIpc) is 3.29. The Hall–Kier alpha value is -2.02. The van der Waals surface area contributed by atoms with Crippen LogP contribution in [0.1, 0.15) is 72.3 Å². The number of nitrogens with zero attached hydrogens (tertiary/aromatic N) is 5. The summed E-state index contributed by atoms with van der Waals surface area (Å²) in [6.07, 6.45) is 9.01. The van der Waals surface area contributed by atoms with Crippen molar-refractivity contribution < 1.29 is 4.79 Å². The molecule has 1 fully saturated rings. The second-order valence-corrected chi connectivity index (χ2v) is 8.86. The molecule has 0 saturated carbocycles. The van der Waals surface area contributed by atoms with Gasteiger partial charge in [0, 0.05) is 17.5 Å². The number of aromatic nitrogens is 4. The Balaban J connectivity index is 1.64. The zero-order chi connectivity index (χ0) is 18.5. The molecule has 3 aromatic rings. The number of thiophene rings is 1. The van der Waals surface area contributed by atoms with Crippen molar-refractivity contribution in [2.45, 2.75) is 71.3 Å². The van der Waals surface area contributed by atoms with Gasteiger partial charge in [0.2, 0.25) is 5.82 Å². The van der Waals surface area contributed by atoms with E-state index >= 15 is 0 Å². The molecular formula is C20H25N5OS. The number of amides is 1. The fraction of sp³-hybridized carbons (Fsp3) is 0.600. The Morgan fingerprint density at radius 3 is 2.89 bits per heavy atom. The van der Waals surface area contributed by atoms with Gasteiger partial charge in [-0.25, -0.2) is 9.97 Å². The maximum Gasteiger partial charge on any atom is 0.293 e. The van der Waals surface area contributed by atoms with Crippen molar-refractivity contribution in [2.24, 2.45) is 0 Å². The molecule has 27 heavy (non-hydrogen) atoms. The van der Waals surface area contributed by atoms with Crippen molar-refractivity contribution in [3.05, 3.63) is 22.1 Å². The minimum Gasteiger partial charge on any atom is -0.333 e. The molecule has 0 bridgehead atoms. The summed E-state index contributed by atoms with van der Waals surface area (Å²) >= 11 is 1.79. The van der Waals surface area contributed by atoms with Gasteiger partial charge in [-0.15, -0.1) is 16.4 Å². The first-order valence-electron chi connectivity index (χ1n) is 10.2. The van der Waals surface area contributed by atoms with E-state index < -0.39 is 0 Å². The summed E-state index contributed by atoms with van der Waals surface area (Å²) in [7, 11) is 0. The van der Waals surface area contributed by atoms with E-state index in [2.05, 4.69) is 12.0 Å². The summed E-state index contributed by atoms with van der Waals surface area (Å²) in [5.74, 6) is 1.10. The maximum absolute atomic E-state index is 13.2. The Morgan fingerprint density at radius 2 is 2.04 bits per heavy atom. The smallest absolute Gasteiger partial charge is 0.293 e. The van der Waals surface area contributed by atoms with Crippen LogP contribution in [0.5, 0.6) is 0 Å². The van der Waals surface area contributed by atoms with Gasteiger partial charge in [0.25, 0.3) is 5.91 Å². The lowest BCUT2D eigenvalue weighted by Gasteiger charge is -2.34. The van der Waals surface area contributed by atoms with Crippen LogP contribution in [0.25, 0.3) is 15.9 Å². The second-order valence-electron chi connectivity index (χ2n) is 7.78. The molecule has 7 heteroatoms. The van der Waals surface area contributed by atoms with Crippen molar-refractivity contribution in [2.75, 3.05) is 6.54 Å². The second kappa shape index (κ2) is 6.55. The maximum atomic E-state index is 13.2. The summed E-state index contributed by atoms with van der Waals surface area (Å²) in [6, 6.07) is 0.311. The van der Waals surface area contributed by atoms with Crippen molar-refractivity contribution in [1.29, 1.82) is 0 Å². The zero-order valence-corrected chi connectivity index (χ0v) is 16.8. The van der Waals surface area contributed by atoms with Gasteiger partial charge in [-0.1, -0.05) is 6.92 Å². The summed E-state index contributed by atoms with van der Waals surface area (Å²) in [6.45, 7) is 4.92. The first-order chi connectivity index (χ1) is 13.2. The lowest BCUT2D eigenvalue weighted by Crippen LogP contribution is -2.43. The minimum absolute atomic E-state index is 0.0260. The number of hydrogen-bond acceptors (Lipinski definition) is 5. The number of piperidine rings is 1. The van der Waals surface area contributed by atoms with Gasteiger partial charge >= 0.3 is 0 Å². The molecule has 1 unspecified atom stereocenters. The number of carbonyl (C=O) groups excluding carboxylic acids is 1. The first kappa shape index (κ1) is 17.1. The molecule has 0 aromatic carbocycles. The number of aryl methyl sites for hydroxylation is 3. The predicted octanol–water partition coefficient (Wildman–Crippen LogP) is 3.93. The van der Waals surface area contributed by atoms with Crippen LogP contribution < -0.4 is 0 Å². The number of carbonyl (C=O) groups is 1. The van der Waals surface area contributed by atoms with Crippen molar-refractivity contribution >= 4 is 33.1 Å². The number of rotatable bonds is 2. The highest BCUT2D eigenvalue weighted by atomic mass is 32.1. The van der Waals surface area contributed by atoms with Gasteiger partial charge in [0.1, 0.15) is 10.7 Å². The Kier molecular flexibility index (Phi) is 4.15. The molecule has 1 aliphatic heterocycles. The van der Waals surface area contributed by atoms with Crippen LogP contribution in [0.4, 0.5) is 0 Å². The molecule has 0 N–H and O–H groups in total. The van der Waals surface area contributed by atoms with Gasteiger partial charge in [-0.3, -0.25) is 4.79 Å². The van der Waals surface area contributed by atoms with Gasteiger partial charge in [-0.05, 0) is 63.9 Å². The fourth-order valence-electron chi connectivity index (χ4n) is 4.67. The van der Waals surface area contributed by atoms with Crippen LogP contribution in [-0.4, -0.2) is 43.0 Å². The Bertz CT molecular complexity index is 1040. The zero-order valence-electron chi connectivity index (χ0n) is 16.0. The van der Waals surface area contributed by atoms with Crippen molar-refractivity contribution in [3.63, 3.8) is 0 Å². The molecule has 1 aliphatic carbocycles. The molecule has 0 spiro atoms. The number of likely N-dealkylation sites (tertiary alicyclic amines) is 1. The van der Waals surface area contributed by atoms with E-state index in [1.807, 2.05) is 11.8 Å². The third-order valence-corrected chi connectivity index (χ3v) is 7.29. The molecule has 1 atom stereocenters. The molecule has 2 aliphatic rings. The van der Waals surface area contributed by atoms with Crippen molar-refractivity contribution in [3.8, 4) is 0 Å². The monoisotopic (exact) mass is 383 g/mol. The lowest BCUT2D eigenvalue weighted by atomic mass is 9.97. The number of fused-ring (bicyclic) bond motifs is 5. The van der Waals surface area contributed by atoms with Gasteiger partial charge in [0.15, 0.2) is 5.65 Å². The van der Waals surface area contributed by atoms with Crippen LogP contribution in [0.15, 0.2) is 0 Å². The SMILES string of the molecule is CCC1CCCCN1C(=O)c1nc2c3c4c(sc3nc(C)n2n1)CCCC4. The normalized spacial score (nSPS) is 20.4. The van der Waals surface area contributed by atoms with E-state index in [4.69, 9.17) is 9.97 Å². The molecule has 5 rings (SSSR count). The summed E-state index contributed by atoms with van der Waals surface area (Å²) < 4.78 is 1.78. The number of hydrogen-bond donors (Lipinski definition) is 0. The highest BCUT2D eigenvalue weighted by Gasteiger charge is 2.30. The van der Waals surface area contributed by atoms with E-state index in [0.29, 0.717) is 11.9 Å². The lowest BCUT2D eigenvalue weighted by molar-refractivity contribution is 0.0595. The first-order valence-corrected chi connectivity index (χ1v) is 11.0.